The number of carbonyl (C=O) groups is 1. The highest BCUT2D eigenvalue weighted by atomic mass is 16.4. The van der Waals surface area contributed by atoms with Crippen LogP contribution in [0.4, 0.5) is 0 Å². The van der Waals surface area contributed by atoms with Crippen LogP contribution in [0.15, 0.2) is 48.7 Å². The molecule has 6 N–H and O–H groups in total. The zero-order valence-corrected chi connectivity index (χ0v) is 14.6. The maximum absolute atomic E-state index is 10.7. The predicted molar refractivity (Wildman–Crippen MR) is 103 cm³/mol. The Hall–Kier alpha value is -2.70. The van der Waals surface area contributed by atoms with Gasteiger partial charge in [-0.15, -0.1) is 0 Å². The molecule has 1 heterocycles. The monoisotopic (exact) mass is 352 g/mol. The van der Waals surface area contributed by atoms with E-state index in [0.717, 1.165) is 36.3 Å². The van der Waals surface area contributed by atoms with Gasteiger partial charge in [0, 0.05) is 5.56 Å². The fourth-order valence-corrected chi connectivity index (χ4v) is 3.02. The summed E-state index contributed by atoms with van der Waals surface area (Å²) in [5.41, 5.74) is 13.7. The number of nitrogens with two attached hydrogens (primary N) is 2. The summed E-state index contributed by atoms with van der Waals surface area (Å²) in [5.74, 6) is -0.212. The molecular formula is C20H24N4O2. The first kappa shape index (κ1) is 18.1. The van der Waals surface area contributed by atoms with Crippen LogP contribution >= 0.6 is 0 Å². The lowest BCUT2D eigenvalue weighted by molar-refractivity contribution is -0.138. The van der Waals surface area contributed by atoms with Gasteiger partial charge in [0.2, 0.25) is 0 Å². The molecule has 0 radical (unpaired) electrons. The summed E-state index contributed by atoms with van der Waals surface area (Å²) in [6.45, 7) is 0. The molecule has 1 unspecified atom stereocenters. The molecule has 2 aromatic carbocycles. The van der Waals surface area contributed by atoms with Gasteiger partial charge in [-0.1, -0.05) is 49.2 Å². The van der Waals surface area contributed by atoms with Crippen LogP contribution in [0.25, 0.3) is 22.0 Å². The molecule has 0 aliphatic heterocycles. The minimum Gasteiger partial charge on any atom is -0.480 e. The molecule has 0 saturated carbocycles. The molecule has 6 heteroatoms. The minimum absolute atomic E-state index is 0.203. The van der Waals surface area contributed by atoms with E-state index in [-0.39, 0.29) is 6.04 Å². The first-order valence-corrected chi connectivity index (χ1v) is 8.82. The second kappa shape index (κ2) is 8.12. The molecule has 0 fully saturated rings. The SMILES string of the molecule is NC(CCCC[C@H](N)c1ncc(-c2ccc3ccccc3c2)[nH]1)C(=O)O. The van der Waals surface area contributed by atoms with Crippen molar-refractivity contribution in [2.75, 3.05) is 0 Å². The molecule has 0 spiro atoms. The molecule has 0 bridgehead atoms. The lowest BCUT2D eigenvalue weighted by Crippen LogP contribution is -2.29. The Kier molecular flexibility index (Phi) is 5.65. The summed E-state index contributed by atoms with van der Waals surface area (Å²) in [6.07, 6.45) is 4.55. The number of aromatic nitrogens is 2. The third kappa shape index (κ3) is 4.28. The smallest absolute Gasteiger partial charge is 0.320 e. The number of benzene rings is 2. The number of fused-ring (bicyclic) bond motifs is 1. The molecule has 136 valence electrons. The number of aliphatic carboxylic acids is 1. The maximum Gasteiger partial charge on any atom is 0.320 e. The van der Waals surface area contributed by atoms with Crippen molar-refractivity contribution in [3.05, 3.63) is 54.5 Å². The average Bonchev–Trinajstić information content (AvgIpc) is 3.14. The predicted octanol–water partition coefficient (Wildman–Crippen LogP) is 3.20. The largest absolute Gasteiger partial charge is 0.480 e. The Morgan fingerprint density at radius 2 is 1.81 bits per heavy atom. The van der Waals surface area contributed by atoms with Crippen molar-refractivity contribution in [3.63, 3.8) is 0 Å². The van der Waals surface area contributed by atoms with Crippen LogP contribution in [0.2, 0.25) is 0 Å². The summed E-state index contributed by atoms with van der Waals surface area (Å²) >= 11 is 0. The Morgan fingerprint density at radius 3 is 2.58 bits per heavy atom. The van der Waals surface area contributed by atoms with Crippen molar-refractivity contribution in [3.8, 4) is 11.3 Å². The summed E-state index contributed by atoms with van der Waals surface area (Å²) in [5, 5.41) is 11.2. The van der Waals surface area contributed by atoms with Gasteiger partial charge >= 0.3 is 5.97 Å². The van der Waals surface area contributed by atoms with Crippen molar-refractivity contribution >= 4 is 16.7 Å². The van der Waals surface area contributed by atoms with Gasteiger partial charge in [0.15, 0.2) is 0 Å². The van der Waals surface area contributed by atoms with Gasteiger partial charge in [-0.05, 0) is 29.7 Å². The topological polar surface area (TPSA) is 118 Å². The standard InChI is InChI=1S/C20H24N4O2/c21-16(7-3-4-8-17(22)20(25)26)19-23-12-18(24-19)15-10-9-13-5-1-2-6-14(13)11-15/h1-2,5-6,9-12,16-17H,3-4,7-8,21-22H2,(H,23,24)(H,25,26)/t16-,17?/m0/s1. The Bertz CT molecular complexity index is 890. The van der Waals surface area contributed by atoms with Crippen molar-refractivity contribution in [2.24, 2.45) is 11.5 Å². The first-order valence-electron chi connectivity index (χ1n) is 8.82. The van der Waals surface area contributed by atoms with Crippen molar-refractivity contribution in [1.29, 1.82) is 0 Å². The van der Waals surface area contributed by atoms with E-state index in [9.17, 15) is 4.79 Å². The van der Waals surface area contributed by atoms with E-state index < -0.39 is 12.0 Å². The molecular weight excluding hydrogens is 328 g/mol. The second-order valence-electron chi connectivity index (χ2n) is 6.58. The normalized spacial score (nSPS) is 13.6. The van der Waals surface area contributed by atoms with Gasteiger partial charge in [-0.25, -0.2) is 4.98 Å². The van der Waals surface area contributed by atoms with Crippen LogP contribution in [0.5, 0.6) is 0 Å². The summed E-state index contributed by atoms with van der Waals surface area (Å²) in [4.78, 5) is 18.4. The van der Waals surface area contributed by atoms with Crippen molar-refractivity contribution in [1.82, 2.24) is 9.97 Å². The Labute approximate surface area is 152 Å². The molecule has 1 aromatic heterocycles. The Morgan fingerprint density at radius 1 is 1.08 bits per heavy atom. The van der Waals surface area contributed by atoms with Crippen LogP contribution in [-0.2, 0) is 4.79 Å². The zero-order chi connectivity index (χ0) is 18.5. The number of carboxylic acids is 1. The fourth-order valence-electron chi connectivity index (χ4n) is 3.02. The number of carboxylic acid groups (broad SMARTS) is 1. The molecule has 2 atom stereocenters. The molecule has 0 aliphatic carbocycles. The van der Waals surface area contributed by atoms with Gasteiger partial charge in [0.05, 0.1) is 17.9 Å². The molecule has 0 amide bonds. The average molecular weight is 352 g/mol. The number of unbranched alkanes of at least 4 members (excludes halogenated alkanes) is 1. The lowest BCUT2D eigenvalue weighted by atomic mass is 10.1. The van der Waals surface area contributed by atoms with Crippen LogP contribution in [0.3, 0.4) is 0 Å². The van der Waals surface area contributed by atoms with Crippen LogP contribution in [0.1, 0.15) is 37.5 Å². The van der Waals surface area contributed by atoms with Crippen LogP contribution in [0, 0.1) is 0 Å². The molecule has 3 rings (SSSR count). The van der Waals surface area contributed by atoms with Gasteiger partial charge in [-0.3, -0.25) is 4.79 Å². The third-order valence-corrected chi connectivity index (χ3v) is 4.60. The fraction of sp³-hybridized carbons (Fsp3) is 0.300. The summed E-state index contributed by atoms with van der Waals surface area (Å²) < 4.78 is 0. The van der Waals surface area contributed by atoms with E-state index in [2.05, 4.69) is 40.3 Å². The molecule has 3 aromatic rings. The van der Waals surface area contributed by atoms with E-state index in [4.69, 9.17) is 16.6 Å². The minimum atomic E-state index is -0.958. The van der Waals surface area contributed by atoms with Crippen LogP contribution in [-0.4, -0.2) is 27.1 Å². The number of imidazole rings is 1. The van der Waals surface area contributed by atoms with Gasteiger partial charge in [-0.2, -0.15) is 0 Å². The molecule has 6 nitrogen and oxygen atoms in total. The van der Waals surface area contributed by atoms with Crippen molar-refractivity contribution < 1.29 is 9.90 Å². The molecule has 0 aliphatic rings. The second-order valence-corrected chi connectivity index (χ2v) is 6.58. The number of hydrogen-bond donors (Lipinski definition) is 4. The number of H-pyrrole nitrogens is 1. The van der Waals surface area contributed by atoms with Gasteiger partial charge in [0.25, 0.3) is 0 Å². The third-order valence-electron chi connectivity index (χ3n) is 4.60. The summed E-state index contributed by atoms with van der Waals surface area (Å²) in [6, 6.07) is 13.5. The van der Waals surface area contributed by atoms with E-state index in [1.807, 2.05) is 12.1 Å². The maximum atomic E-state index is 10.7. The van der Waals surface area contributed by atoms with Crippen molar-refractivity contribution in [2.45, 2.75) is 37.8 Å². The Balaban J connectivity index is 1.60. The van der Waals surface area contributed by atoms with E-state index in [0.29, 0.717) is 6.42 Å². The van der Waals surface area contributed by atoms with E-state index in [1.165, 1.54) is 10.8 Å². The van der Waals surface area contributed by atoms with Gasteiger partial charge < -0.3 is 21.6 Å². The highest BCUT2D eigenvalue weighted by Gasteiger charge is 2.13. The number of hydrogen-bond acceptors (Lipinski definition) is 4. The number of nitrogens with zero attached hydrogens (tertiary/aromatic N) is 1. The zero-order valence-electron chi connectivity index (χ0n) is 14.6. The molecule has 0 saturated heterocycles. The first-order chi connectivity index (χ1) is 12.5. The van der Waals surface area contributed by atoms with E-state index >= 15 is 0 Å². The van der Waals surface area contributed by atoms with Crippen LogP contribution < -0.4 is 11.5 Å². The molecule has 26 heavy (non-hydrogen) atoms. The summed E-state index contributed by atoms with van der Waals surface area (Å²) in [7, 11) is 0. The van der Waals surface area contributed by atoms with Gasteiger partial charge in [0.1, 0.15) is 11.9 Å². The highest BCUT2D eigenvalue weighted by molar-refractivity contribution is 5.86. The quantitative estimate of drug-likeness (QED) is 0.464. The lowest BCUT2D eigenvalue weighted by Gasteiger charge is -2.10. The number of aromatic amines is 1. The van der Waals surface area contributed by atoms with E-state index in [1.54, 1.807) is 6.20 Å². The highest BCUT2D eigenvalue weighted by Crippen LogP contribution is 2.24. The number of rotatable bonds is 8. The number of nitrogens with one attached hydrogen (secondary N) is 1.